The van der Waals surface area contributed by atoms with E-state index >= 15 is 0 Å². The van der Waals surface area contributed by atoms with E-state index in [1.54, 1.807) is 35.3 Å². The largest absolute Gasteiger partial charge is 0.265 e. The first kappa shape index (κ1) is 15.5. The van der Waals surface area contributed by atoms with Gasteiger partial charge in [-0.2, -0.15) is 5.26 Å². The number of nitrogens with zero attached hydrogens (tertiary/aromatic N) is 2. The molecule has 1 aromatic heterocycles. The Morgan fingerprint density at radius 3 is 2.67 bits per heavy atom. The van der Waals surface area contributed by atoms with Crippen molar-refractivity contribution < 1.29 is 0 Å². The van der Waals surface area contributed by atoms with Crippen LogP contribution in [0.1, 0.15) is 12.0 Å². The van der Waals surface area contributed by atoms with Gasteiger partial charge in [0.25, 0.3) is 0 Å². The van der Waals surface area contributed by atoms with Crippen molar-refractivity contribution in [2.75, 3.05) is 5.75 Å². The number of nitriles is 1. The average molecular weight is 367 g/mol. The smallest absolute Gasteiger partial charge is 0.0705 e. The Labute approximate surface area is 145 Å². The fourth-order valence-corrected chi connectivity index (χ4v) is 7.80. The van der Waals surface area contributed by atoms with Gasteiger partial charge in [-0.25, -0.2) is 0 Å². The summed E-state index contributed by atoms with van der Waals surface area (Å²) in [5.74, 6) is 0.874. The lowest BCUT2D eigenvalue weighted by atomic mass is 10.3. The lowest BCUT2D eigenvalue weighted by molar-refractivity contribution is 1.24. The first-order valence-corrected chi connectivity index (χ1v) is 10.5. The van der Waals surface area contributed by atoms with Crippen molar-refractivity contribution in [2.45, 2.75) is 6.42 Å². The maximum atomic E-state index is 8.58. The van der Waals surface area contributed by atoms with Crippen molar-refractivity contribution in [1.82, 2.24) is 4.98 Å². The van der Waals surface area contributed by atoms with Crippen LogP contribution in [0, 0.1) is 11.3 Å². The SMILES string of the molecule is N#CCCSC1=CS/C(=C2/SC=C(c3ccncc3)S2)S1. The van der Waals surface area contributed by atoms with Gasteiger partial charge in [-0.3, -0.25) is 4.98 Å². The molecule has 1 aromatic rings. The zero-order valence-corrected chi connectivity index (χ0v) is 14.9. The summed E-state index contributed by atoms with van der Waals surface area (Å²) in [5, 5.41) is 13.0. The van der Waals surface area contributed by atoms with E-state index in [0.717, 1.165) is 5.75 Å². The Kier molecular flexibility index (Phi) is 5.72. The molecule has 0 bridgehead atoms. The molecule has 3 rings (SSSR count). The lowest BCUT2D eigenvalue weighted by Gasteiger charge is -2.03. The molecule has 7 heteroatoms. The molecule has 0 amide bonds. The molecule has 2 aliphatic heterocycles. The van der Waals surface area contributed by atoms with Gasteiger partial charge < -0.3 is 0 Å². The molecular formula is C14H10N2S5. The molecule has 0 spiro atoms. The minimum absolute atomic E-state index is 0.608. The predicted octanol–water partition coefficient (Wildman–Crippen LogP) is 5.91. The number of thioether (sulfide) groups is 5. The normalized spacial score (nSPS) is 21.1. The third-order valence-electron chi connectivity index (χ3n) is 2.52. The first-order chi connectivity index (χ1) is 10.4. The van der Waals surface area contributed by atoms with Crippen LogP contribution in [0.5, 0.6) is 0 Å². The van der Waals surface area contributed by atoms with Crippen LogP contribution < -0.4 is 0 Å². The van der Waals surface area contributed by atoms with Gasteiger partial charge in [0.05, 0.1) is 18.8 Å². The van der Waals surface area contributed by atoms with Crippen LogP contribution in [0.4, 0.5) is 0 Å². The van der Waals surface area contributed by atoms with E-state index in [-0.39, 0.29) is 0 Å². The Morgan fingerprint density at radius 2 is 1.86 bits per heavy atom. The minimum atomic E-state index is 0.608. The zero-order valence-electron chi connectivity index (χ0n) is 10.8. The van der Waals surface area contributed by atoms with E-state index in [9.17, 15) is 0 Å². The number of hydrogen-bond acceptors (Lipinski definition) is 7. The van der Waals surface area contributed by atoms with E-state index < -0.39 is 0 Å². The van der Waals surface area contributed by atoms with Gasteiger partial charge in [-0.05, 0) is 28.5 Å². The zero-order chi connectivity index (χ0) is 14.5. The molecule has 0 fully saturated rings. The first-order valence-electron chi connectivity index (χ1n) is 6.10. The second-order valence-corrected chi connectivity index (χ2v) is 9.70. The highest BCUT2D eigenvalue weighted by Gasteiger charge is 2.22. The highest BCUT2D eigenvalue weighted by atomic mass is 32.2. The highest BCUT2D eigenvalue weighted by Crippen LogP contribution is 2.58. The van der Waals surface area contributed by atoms with Gasteiger partial charge in [-0.15, -0.1) is 11.8 Å². The summed E-state index contributed by atoms with van der Waals surface area (Å²) >= 11 is 9.02. The van der Waals surface area contributed by atoms with Gasteiger partial charge in [-0.1, -0.05) is 47.0 Å². The quantitative estimate of drug-likeness (QED) is 0.613. The highest BCUT2D eigenvalue weighted by molar-refractivity contribution is 8.38. The van der Waals surface area contributed by atoms with Gasteiger partial charge in [0.15, 0.2) is 0 Å². The molecule has 106 valence electrons. The second-order valence-electron chi connectivity index (χ2n) is 3.93. The van der Waals surface area contributed by atoms with Crippen LogP contribution in [-0.2, 0) is 0 Å². The molecule has 0 atom stereocenters. The summed E-state index contributed by atoms with van der Waals surface area (Å²) in [6, 6.07) is 6.27. The van der Waals surface area contributed by atoms with E-state index in [2.05, 4.69) is 21.9 Å². The third kappa shape index (κ3) is 4.08. The van der Waals surface area contributed by atoms with E-state index in [0.29, 0.717) is 6.42 Å². The number of aromatic nitrogens is 1. The Hall–Kier alpha value is -0.390. The molecule has 3 heterocycles. The maximum absolute atomic E-state index is 8.58. The summed E-state index contributed by atoms with van der Waals surface area (Å²) in [6.07, 6.45) is 4.27. The average Bonchev–Trinajstić information content (AvgIpc) is 3.17. The molecule has 2 aliphatic rings. The molecule has 2 nitrogen and oxygen atoms in total. The van der Waals surface area contributed by atoms with Crippen LogP contribution >= 0.6 is 58.8 Å². The number of pyridine rings is 1. The molecule has 0 radical (unpaired) electrons. The number of rotatable bonds is 4. The molecule has 21 heavy (non-hydrogen) atoms. The van der Waals surface area contributed by atoms with E-state index in [1.165, 1.54) is 23.2 Å². The van der Waals surface area contributed by atoms with Crippen LogP contribution in [-0.4, -0.2) is 10.7 Å². The topological polar surface area (TPSA) is 36.7 Å². The van der Waals surface area contributed by atoms with Crippen molar-refractivity contribution in [2.24, 2.45) is 0 Å². The van der Waals surface area contributed by atoms with E-state index in [4.69, 9.17) is 5.26 Å². The van der Waals surface area contributed by atoms with Gasteiger partial charge in [0.2, 0.25) is 0 Å². The fraction of sp³-hybridized carbons (Fsp3) is 0.143. The van der Waals surface area contributed by atoms with Crippen molar-refractivity contribution in [3.63, 3.8) is 0 Å². The molecule has 0 unspecified atom stereocenters. The summed E-state index contributed by atoms with van der Waals surface area (Å²) in [7, 11) is 0. The van der Waals surface area contributed by atoms with Crippen LogP contribution in [0.25, 0.3) is 4.91 Å². The van der Waals surface area contributed by atoms with Crippen molar-refractivity contribution in [3.05, 3.63) is 53.6 Å². The monoisotopic (exact) mass is 366 g/mol. The Bertz CT molecular complexity index is 658. The van der Waals surface area contributed by atoms with Crippen molar-refractivity contribution in [1.29, 1.82) is 5.26 Å². The third-order valence-corrected chi connectivity index (χ3v) is 9.19. The second kappa shape index (κ2) is 7.75. The van der Waals surface area contributed by atoms with Crippen LogP contribution in [0.2, 0.25) is 0 Å². The Balaban J connectivity index is 1.60. The van der Waals surface area contributed by atoms with E-state index in [1.807, 2.05) is 48.1 Å². The molecule has 0 saturated heterocycles. The van der Waals surface area contributed by atoms with Crippen molar-refractivity contribution in [3.8, 4) is 6.07 Å². The van der Waals surface area contributed by atoms with Gasteiger partial charge in [0, 0.05) is 29.5 Å². The summed E-state index contributed by atoms with van der Waals surface area (Å²) in [4.78, 5) is 5.35. The molecule has 0 aromatic carbocycles. The summed E-state index contributed by atoms with van der Waals surface area (Å²) in [6.45, 7) is 0. The van der Waals surface area contributed by atoms with Crippen LogP contribution in [0.3, 0.4) is 0 Å². The van der Waals surface area contributed by atoms with Gasteiger partial charge >= 0.3 is 0 Å². The Morgan fingerprint density at radius 1 is 1.10 bits per heavy atom. The molecule has 0 saturated carbocycles. The lowest BCUT2D eigenvalue weighted by Crippen LogP contribution is -1.77. The standard InChI is InChI=1S/C14H10N2S5/c15-4-1-7-17-12-9-19-14(21-12)13-18-8-11(20-13)10-2-5-16-6-3-10/h2-3,5-6,8-9H,1,7H2/b14-13+. The predicted molar refractivity (Wildman–Crippen MR) is 100 cm³/mol. The summed E-state index contributed by atoms with van der Waals surface area (Å²) < 4.78 is 4.00. The maximum Gasteiger partial charge on any atom is 0.0705 e. The van der Waals surface area contributed by atoms with Gasteiger partial charge in [0.1, 0.15) is 0 Å². The van der Waals surface area contributed by atoms with Crippen LogP contribution in [0.15, 0.2) is 48.1 Å². The molecule has 0 aliphatic carbocycles. The minimum Gasteiger partial charge on any atom is -0.265 e. The van der Waals surface area contributed by atoms with Crippen molar-refractivity contribution >= 4 is 63.7 Å². The molecular weight excluding hydrogens is 357 g/mol. The number of hydrogen-bond donors (Lipinski definition) is 0. The fourth-order valence-electron chi connectivity index (χ4n) is 1.58. The molecule has 0 N–H and O–H groups in total. The summed E-state index contributed by atoms with van der Waals surface area (Å²) in [5.41, 5.74) is 1.22.